The molecular weight excluding hydrogens is 418 g/mol. The fourth-order valence-corrected chi connectivity index (χ4v) is 4.21. The summed E-state index contributed by atoms with van der Waals surface area (Å²) in [6.07, 6.45) is 3.63. The van der Waals surface area contributed by atoms with Gasteiger partial charge in [0.25, 0.3) is 11.8 Å². The number of nitrogens with zero attached hydrogens (tertiary/aromatic N) is 2. The summed E-state index contributed by atoms with van der Waals surface area (Å²) in [5.74, 6) is -0.933. The lowest BCUT2D eigenvalue weighted by molar-refractivity contribution is -0.122. The molecule has 2 heterocycles. The van der Waals surface area contributed by atoms with Crippen LogP contribution < -0.4 is 10.2 Å². The Labute approximate surface area is 190 Å². The van der Waals surface area contributed by atoms with Crippen LogP contribution in [0.4, 0.5) is 5.69 Å². The normalized spacial score (nSPS) is 15.4. The molecule has 1 aromatic heterocycles. The van der Waals surface area contributed by atoms with Crippen LogP contribution >= 0.6 is 12.2 Å². The van der Waals surface area contributed by atoms with Gasteiger partial charge in [0, 0.05) is 29.2 Å². The summed E-state index contributed by atoms with van der Waals surface area (Å²) in [6.45, 7) is 0.685. The molecule has 6 heteroatoms. The molecule has 3 aromatic carbocycles. The highest BCUT2D eigenvalue weighted by Crippen LogP contribution is 2.27. The van der Waals surface area contributed by atoms with Crippen LogP contribution in [-0.4, -0.2) is 21.5 Å². The van der Waals surface area contributed by atoms with E-state index in [2.05, 4.69) is 22.0 Å². The highest BCUT2D eigenvalue weighted by Gasteiger charge is 2.34. The number of benzene rings is 3. The number of para-hydroxylation sites is 2. The molecule has 0 atom stereocenters. The summed E-state index contributed by atoms with van der Waals surface area (Å²) < 4.78 is 2.13. The smallest absolute Gasteiger partial charge is 0.270 e. The van der Waals surface area contributed by atoms with Crippen LogP contribution in [0.1, 0.15) is 11.1 Å². The van der Waals surface area contributed by atoms with Gasteiger partial charge in [-0.25, -0.2) is 0 Å². The molecule has 32 heavy (non-hydrogen) atoms. The molecule has 1 fully saturated rings. The second kappa shape index (κ2) is 8.24. The topological polar surface area (TPSA) is 54.3 Å². The minimum atomic E-state index is -0.493. The molecule has 5 nitrogen and oxygen atoms in total. The molecule has 1 saturated heterocycles. The van der Waals surface area contributed by atoms with E-state index in [1.165, 1.54) is 10.5 Å². The molecule has 1 N–H and O–H groups in total. The van der Waals surface area contributed by atoms with Gasteiger partial charge in [0.2, 0.25) is 0 Å². The Balaban J connectivity index is 1.58. The number of hydrogen-bond acceptors (Lipinski definition) is 3. The van der Waals surface area contributed by atoms with Crippen molar-refractivity contribution in [2.75, 3.05) is 4.90 Å². The molecule has 0 spiro atoms. The van der Waals surface area contributed by atoms with Crippen LogP contribution in [0.3, 0.4) is 0 Å². The predicted molar refractivity (Wildman–Crippen MR) is 130 cm³/mol. The lowest BCUT2D eigenvalue weighted by Gasteiger charge is -2.28. The van der Waals surface area contributed by atoms with Gasteiger partial charge in [-0.3, -0.25) is 19.8 Å². The van der Waals surface area contributed by atoms with Gasteiger partial charge in [-0.1, -0.05) is 66.7 Å². The van der Waals surface area contributed by atoms with Gasteiger partial charge in [-0.15, -0.1) is 0 Å². The standard InChI is InChI=1S/C26H19N3O2S/c30-24-22(25(31)29(26(32)27-24)20-11-5-2-6-12-20)15-19-17-28(16-18-9-3-1-4-10-18)23-14-8-7-13-21(19)23/h1-15,17H,16H2,(H,27,30,32). The van der Waals surface area contributed by atoms with Gasteiger partial charge in [0.15, 0.2) is 5.11 Å². The first kappa shape index (κ1) is 19.9. The van der Waals surface area contributed by atoms with E-state index in [0.29, 0.717) is 12.2 Å². The lowest BCUT2D eigenvalue weighted by atomic mass is 10.1. The van der Waals surface area contributed by atoms with Crippen molar-refractivity contribution in [2.45, 2.75) is 6.54 Å². The average Bonchev–Trinajstić information content (AvgIpc) is 3.15. The van der Waals surface area contributed by atoms with Crippen LogP contribution in [0.25, 0.3) is 17.0 Å². The molecular formula is C26H19N3O2S. The first-order valence-corrected chi connectivity index (χ1v) is 10.6. The van der Waals surface area contributed by atoms with Crippen molar-refractivity contribution in [2.24, 2.45) is 0 Å². The van der Waals surface area contributed by atoms with Crippen LogP contribution in [-0.2, 0) is 16.1 Å². The van der Waals surface area contributed by atoms with Crippen LogP contribution in [0, 0.1) is 0 Å². The predicted octanol–water partition coefficient (Wildman–Crippen LogP) is 4.52. The van der Waals surface area contributed by atoms with E-state index in [9.17, 15) is 9.59 Å². The van der Waals surface area contributed by atoms with E-state index in [1.807, 2.05) is 66.9 Å². The fourth-order valence-electron chi connectivity index (χ4n) is 3.93. The van der Waals surface area contributed by atoms with Crippen LogP contribution in [0.2, 0.25) is 0 Å². The lowest BCUT2D eigenvalue weighted by Crippen LogP contribution is -2.54. The molecule has 156 valence electrons. The molecule has 0 saturated carbocycles. The number of anilines is 1. The average molecular weight is 438 g/mol. The molecule has 0 bridgehead atoms. The number of rotatable bonds is 4. The number of hydrogen-bond donors (Lipinski definition) is 1. The first-order chi connectivity index (χ1) is 15.6. The Hall–Kier alpha value is -4.03. The molecule has 4 aromatic rings. The van der Waals surface area contributed by atoms with E-state index in [-0.39, 0.29) is 10.7 Å². The Bertz CT molecular complexity index is 1370. The van der Waals surface area contributed by atoms with Crippen LogP contribution in [0.5, 0.6) is 0 Å². The van der Waals surface area contributed by atoms with Crippen molar-refractivity contribution in [3.05, 3.63) is 108 Å². The Morgan fingerprint density at radius 2 is 1.50 bits per heavy atom. The SMILES string of the molecule is O=C1NC(=S)N(c2ccccc2)C(=O)C1=Cc1cn(Cc2ccccc2)c2ccccc12. The van der Waals surface area contributed by atoms with Gasteiger partial charge >= 0.3 is 0 Å². The Morgan fingerprint density at radius 1 is 0.844 bits per heavy atom. The number of amides is 2. The maximum atomic E-state index is 13.3. The summed E-state index contributed by atoms with van der Waals surface area (Å²) in [4.78, 5) is 27.3. The maximum Gasteiger partial charge on any atom is 0.270 e. The molecule has 1 aliphatic rings. The molecule has 1 aliphatic heterocycles. The van der Waals surface area contributed by atoms with Crippen molar-refractivity contribution in [1.82, 2.24) is 9.88 Å². The van der Waals surface area contributed by atoms with Gasteiger partial charge in [-0.05, 0) is 42.1 Å². The van der Waals surface area contributed by atoms with Gasteiger partial charge in [0.1, 0.15) is 5.57 Å². The minimum Gasteiger partial charge on any atom is -0.342 e. The fraction of sp³-hybridized carbons (Fsp3) is 0.0385. The van der Waals surface area contributed by atoms with Crippen molar-refractivity contribution in [3.63, 3.8) is 0 Å². The third-order valence-corrected chi connectivity index (χ3v) is 5.72. The third kappa shape index (κ3) is 3.61. The Morgan fingerprint density at radius 3 is 2.25 bits per heavy atom. The summed E-state index contributed by atoms with van der Waals surface area (Å²) in [6, 6.07) is 27.2. The number of nitrogens with one attached hydrogen (secondary N) is 1. The van der Waals surface area contributed by atoms with E-state index in [0.717, 1.165) is 16.5 Å². The highest BCUT2D eigenvalue weighted by atomic mass is 32.1. The third-order valence-electron chi connectivity index (χ3n) is 5.43. The number of carbonyl (C=O) groups excluding carboxylic acids is 2. The van der Waals surface area contributed by atoms with Crippen molar-refractivity contribution in [1.29, 1.82) is 0 Å². The van der Waals surface area contributed by atoms with E-state index < -0.39 is 11.8 Å². The van der Waals surface area contributed by atoms with Crippen molar-refractivity contribution < 1.29 is 9.59 Å². The highest BCUT2D eigenvalue weighted by molar-refractivity contribution is 7.80. The number of fused-ring (bicyclic) bond motifs is 1. The summed E-state index contributed by atoms with van der Waals surface area (Å²) in [5, 5.41) is 3.69. The van der Waals surface area contributed by atoms with Gasteiger partial charge < -0.3 is 4.57 Å². The van der Waals surface area contributed by atoms with Gasteiger partial charge in [0.05, 0.1) is 5.69 Å². The van der Waals surface area contributed by atoms with E-state index in [1.54, 1.807) is 18.2 Å². The number of thiocarbonyl (C=S) groups is 1. The molecule has 5 rings (SSSR count). The molecule has 0 aliphatic carbocycles. The maximum absolute atomic E-state index is 13.3. The summed E-state index contributed by atoms with van der Waals surface area (Å²) >= 11 is 5.28. The van der Waals surface area contributed by atoms with Gasteiger partial charge in [-0.2, -0.15) is 0 Å². The number of aromatic nitrogens is 1. The van der Waals surface area contributed by atoms with Crippen LogP contribution in [0.15, 0.2) is 96.7 Å². The van der Waals surface area contributed by atoms with E-state index >= 15 is 0 Å². The monoisotopic (exact) mass is 437 g/mol. The zero-order valence-electron chi connectivity index (χ0n) is 17.1. The quantitative estimate of drug-likeness (QED) is 0.290. The first-order valence-electron chi connectivity index (χ1n) is 10.2. The van der Waals surface area contributed by atoms with Crippen molar-refractivity contribution in [3.8, 4) is 0 Å². The molecule has 0 unspecified atom stereocenters. The second-order valence-electron chi connectivity index (χ2n) is 7.51. The van der Waals surface area contributed by atoms with Crippen molar-refractivity contribution >= 4 is 51.8 Å². The zero-order valence-corrected chi connectivity index (χ0v) is 17.9. The minimum absolute atomic E-state index is 0.0464. The Kier molecular flexibility index (Phi) is 5.13. The zero-order chi connectivity index (χ0) is 22.1. The largest absolute Gasteiger partial charge is 0.342 e. The molecule has 0 radical (unpaired) electrons. The number of carbonyl (C=O) groups is 2. The van der Waals surface area contributed by atoms with E-state index in [4.69, 9.17) is 12.2 Å². The second-order valence-corrected chi connectivity index (χ2v) is 7.90. The summed E-state index contributed by atoms with van der Waals surface area (Å²) in [7, 11) is 0. The molecule has 2 amide bonds. The summed E-state index contributed by atoms with van der Waals surface area (Å²) in [5.41, 5.74) is 3.66.